The van der Waals surface area contributed by atoms with E-state index in [1.807, 2.05) is 12.3 Å². The molecule has 0 amide bonds. The minimum absolute atomic E-state index is 0. The average Bonchev–Trinajstić information content (AvgIpc) is 2.68. The van der Waals surface area contributed by atoms with Gasteiger partial charge >= 0.3 is 0 Å². The van der Waals surface area contributed by atoms with E-state index in [1.165, 1.54) is 32.1 Å². The van der Waals surface area contributed by atoms with E-state index in [0.717, 1.165) is 51.4 Å². The molecule has 1 saturated carbocycles. The van der Waals surface area contributed by atoms with E-state index in [0.29, 0.717) is 0 Å². The fourth-order valence-electron chi connectivity index (χ4n) is 3.87. The highest BCUT2D eigenvalue weighted by molar-refractivity contribution is 14.0. The topological polar surface area (TPSA) is 78.7 Å². The van der Waals surface area contributed by atoms with Crippen molar-refractivity contribution in [3.05, 3.63) is 34.7 Å². The third-order valence-electron chi connectivity index (χ3n) is 5.49. The van der Waals surface area contributed by atoms with Crippen LogP contribution in [-0.4, -0.2) is 41.9 Å². The lowest BCUT2D eigenvalue weighted by Crippen LogP contribution is -2.39. The summed E-state index contributed by atoms with van der Waals surface area (Å²) < 4.78 is 1.75. The van der Waals surface area contributed by atoms with Gasteiger partial charge in [-0.1, -0.05) is 25.3 Å². The lowest BCUT2D eigenvalue weighted by molar-refractivity contribution is 0.137. The van der Waals surface area contributed by atoms with Crippen LogP contribution >= 0.6 is 24.0 Å². The standard InChI is InChI=1S/C21H36N4O2.HI/c1-2-22-20(24-18-21(13-17-26)11-5-3-6-12-21)23-14-7-9-16-25-15-8-4-10-19(25)27;/h4,8,10,15,26H,2-3,5-7,9,11-14,16-18H2,1H3,(H2,22,23,24);1H. The predicted octanol–water partition coefficient (Wildman–Crippen LogP) is 3.13. The molecule has 2 rings (SSSR count). The predicted molar refractivity (Wildman–Crippen MR) is 127 cm³/mol. The second-order valence-corrected chi connectivity index (χ2v) is 7.60. The SMILES string of the molecule is CCNC(=NCC1(CCO)CCCCC1)NCCCCn1ccccc1=O.I. The summed E-state index contributed by atoms with van der Waals surface area (Å²) in [6.07, 6.45) is 10.8. The minimum atomic E-state index is 0. The molecule has 0 unspecified atom stereocenters. The number of pyridine rings is 1. The number of hydrogen-bond acceptors (Lipinski definition) is 3. The molecule has 1 aromatic rings. The van der Waals surface area contributed by atoms with Gasteiger partial charge < -0.3 is 20.3 Å². The monoisotopic (exact) mass is 504 g/mol. The van der Waals surface area contributed by atoms with Crippen molar-refractivity contribution < 1.29 is 5.11 Å². The fraction of sp³-hybridized carbons (Fsp3) is 0.714. The Kier molecular flexibility index (Phi) is 12.5. The van der Waals surface area contributed by atoms with Gasteiger partial charge in [0, 0.05) is 45.0 Å². The maximum Gasteiger partial charge on any atom is 0.250 e. The Bertz CT molecular complexity index is 621. The summed E-state index contributed by atoms with van der Waals surface area (Å²) >= 11 is 0. The van der Waals surface area contributed by atoms with E-state index in [-0.39, 0.29) is 41.6 Å². The van der Waals surface area contributed by atoms with Gasteiger partial charge in [0.25, 0.3) is 0 Å². The molecule has 1 aromatic heterocycles. The van der Waals surface area contributed by atoms with Crippen LogP contribution in [0.25, 0.3) is 0 Å². The molecular weight excluding hydrogens is 467 g/mol. The second kappa shape index (κ2) is 14.0. The van der Waals surface area contributed by atoms with Gasteiger partial charge in [-0.15, -0.1) is 24.0 Å². The van der Waals surface area contributed by atoms with Crippen LogP contribution in [0.2, 0.25) is 0 Å². The first-order chi connectivity index (χ1) is 13.2. The molecule has 1 aliphatic rings. The summed E-state index contributed by atoms with van der Waals surface area (Å²) in [5.74, 6) is 0.859. The number of aliphatic hydroxyl groups is 1. The van der Waals surface area contributed by atoms with Crippen LogP contribution in [0.15, 0.2) is 34.2 Å². The number of guanidine groups is 1. The van der Waals surface area contributed by atoms with Gasteiger partial charge in [0.05, 0.1) is 0 Å². The first-order valence-corrected chi connectivity index (χ1v) is 10.5. The molecule has 1 heterocycles. The number of aliphatic imine (C=N–C) groups is 1. The van der Waals surface area contributed by atoms with Crippen LogP contribution in [0.4, 0.5) is 0 Å². The molecule has 6 nitrogen and oxygen atoms in total. The molecule has 0 bridgehead atoms. The summed E-state index contributed by atoms with van der Waals surface area (Å²) in [5, 5.41) is 16.2. The Morgan fingerprint density at radius 3 is 2.68 bits per heavy atom. The van der Waals surface area contributed by atoms with E-state index in [2.05, 4.69) is 17.6 Å². The zero-order valence-corrected chi connectivity index (χ0v) is 19.5. The molecule has 0 aliphatic heterocycles. The van der Waals surface area contributed by atoms with Gasteiger partial charge in [-0.25, -0.2) is 0 Å². The van der Waals surface area contributed by atoms with Gasteiger partial charge in [-0.2, -0.15) is 0 Å². The molecule has 0 atom stereocenters. The third kappa shape index (κ3) is 8.51. The Morgan fingerprint density at radius 2 is 2.00 bits per heavy atom. The second-order valence-electron chi connectivity index (χ2n) is 7.60. The minimum Gasteiger partial charge on any atom is -0.396 e. The van der Waals surface area contributed by atoms with Crippen LogP contribution < -0.4 is 16.2 Å². The molecule has 0 spiro atoms. The quantitative estimate of drug-likeness (QED) is 0.198. The average molecular weight is 504 g/mol. The van der Waals surface area contributed by atoms with Crippen molar-refractivity contribution in [2.24, 2.45) is 10.4 Å². The van der Waals surface area contributed by atoms with Crippen molar-refractivity contribution in [2.45, 2.75) is 64.8 Å². The summed E-state index contributed by atoms with van der Waals surface area (Å²) in [7, 11) is 0. The number of nitrogens with one attached hydrogen (secondary N) is 2. The van der Waals surface area contributed by atoms with E-state index < -0.39 is 0 Å². The maximum atomic E-state index is 11.7. The molecule has 7 heteroatoms. The summed E-state index contributed by atoms with van der Waals surface area (Å²) in [6.45, 7) is 5.51. The van der Waals surface area contributed by atoms with Crippen LogP contribution in [0.3, 0.4) is 0 Å². The van der Waals surface area contributed by atoms with Gasteiger partial charge in [0.1, 0.15) is 0 Å². The van der Waals surface area contributed by atoms with Crippen molar-refractivity contribution in [3.8, 4) is 0 Å². The number of aryl methyl sites for hydroxylation is 1. The highest BCUT2D eigenvalue weighted by Crippen LogP contribution is 2.39. The molecular formula is C21H37IN4O2. The number of aromatic nitrogens is 1. The highest BCUT2D eigenvalue weighted by atomic mass is 127. The van der Waals surface area contributed by atoms with Gasteiger partial charge in [-0.05, 0) is 50.5 Å². The number of hydrogen-bond donors (Lipinski definition) is 3. The Morgan fingerprint density at radius 1 is 1.21 bits per heavy atom. The number of unbranched alkanes of at least 4 members (excludes halogenated alkanes) is 1. The molecule has 1 aliphatic carbocycles. The summed E-state index contributed by atoms with van der Waals surface area (Å²) in [6, 6.07) is 5.26. The summed E-state index contributed by atoms with van der Waals surface area (Å²) in [5.41, 5.74) is 0.228. The Hall–Kier alpha value is -1.09. The van der Waals surface area contributed by atoms with E-state index in [1.54, 1.807) is 16.7 Å². The third-order valence-corrected chi connectivity index (χ3v) is 5.49. The molecule has 28 heavy (non-hydrogen) atoms. The zero-order valence-electron chi connectivity index (χ0n) is 17.2. The number of aliphatic hydroxyl groups excluding tert-OH is 1. The van der Waals surface area contributed by atoms with Gasteiger partial charge in [-0.3, -0.25) is 9.79 Å². The van der Waals surface area contributed by atoms with Crippen LogP contribution in [0.5, 0.6) is 0 Å². The van der Waals surface area contributed by atoms with E-state index in [9.17, 15) is 9.90 Å². The Labute approximate surface area is 186 Å². The lowest BCUT2D eigenvalue weighted by atomic mass is 9.72. The zero-order chi connectivity index (χ0) is 19.4. The van der Waals surface area contributed by atoms with E-state index in [4.69, 9.17) is 4.99 Å². The first-order valence-electron chi connectivity index (χ1n) is 10.5. The van der Waals surface area contributed by atoms with Crippen molar-refractivity contribution >= 4 is 29.9 Å². The van der Waals surface area contributed by atoms with Crippen molar-refractivity contribution in [1.29, 1.82) is 0 Å². The molecule has 3 N–H and O–H groups in total. The first kappa shape index (κ1) is 24.9. The largest absolute Gasteiger partial charge is 0.396 e. The number of halogens is 1. The molecule has 0 saturated heterocycles. The van der Waals surface area contributed by atoms with Crippen molar-refractivity contribution in [3.63, 3.8) is 0 Å². The molecule has 1 fully saturated rings. The smallest absolute Gasteiger partial charge is 0.250 e. The molecule has 0 radical (unpaired) electrons. The summed E-state index contributed by atoms with van der Waals surface area (Å²) in [4.78, 5) is 16.5. The number of nitrogens with zero attached hydrogens (tertiary/aromatic N) is 2. The van der Waals surface area contributed by atoms with Crippen molar-refractivity contribution in [2.75, 3.05) is 26.2 Å². The normalized spacial score (nSPS) is 16.3. The molecule has 160 valence electrons. The number of rotatable bonds is 10. The van der Waals surface area contributed by atoms with Gasteiger partial charge in [0.15, 0.2) is 5.96 Å². The van der Waals surface area contributed by atoms with Crippen molar-refractivity contribution in [1.82, 2.24) is 15.2 Å². The van der Waals surface area contributed by atoms with Gasteiger partial charge in [0.2, 0.25) is 5.56 Å². The van der Waals surface area contributed by atoms with Crippen LogP contribution in [0, 0.1) is 5.41 Å². The lowest BCUT2D eigenvalue weighted by Gasteiger charge is -2.35. The van der Waals surface area contributed by atoms with Crippen LogP contribution in [0.1, 0.15) is 58.3 Å². The fourth-order valence-corrected chi connectivity index (χ4v) is 3.87. The van der Waals surface area contributed by atoms with Crippen LogP contribution in [-0.2, 0) is 6.54 Å². The Balaban J connectivity index is 0.00000392. The highest BCUT2D eigenvalue weighted by Gasteiger charge is 2.31. The molecule has 0 aromatic carbocycles. The maximum absolute atomic E-state index is 11.7. The van der Waals surface area contributed by atoms with E-state index >= 15 is 0 Å².